The fraction of sp³-hybridized carbons (Fsp3) is 0.348. The number of nitrogens with zero attached hydrogens (tertiary/aromatic N) is 4. The van der Waals surface area contributed by atoms with Gasteiger partial charge in [-0.1, -0.05) is 50.2 Å². The molecule has 150 valence electrons. The molecule has 6 heteroatoms. The van der Waals surface area contributed by atoms with Crippen LogP contribution in [-0.4, -0.2) is 34.3 Å². The molecule has 3 aromatic rings. The first-order valence-corrected chi connectivity index (χ1v) is 10.1. The van der Waals surface area contributed by atoms with Crippen LogP contribution in [0.4, 0.5) is 11.8 Å². The molecule has 0 amide bonds. The molecule has 0 saturated carbocycles. The lowest BCUT2D eigenvalue weighted by Gasteiger charge is -2.26. The zero-order valence-electron chi connectivity index (χ0n) is 17.1. The van der Waals surface area contributed by atoms with Gasteiger partial charge in [0.2, 0.25) is 5.95 Å². The van der Waals surface area contributed by atoms with Crippen molar-refractivity contribution in [2.45, 2.75) is 32.9 Å². The summed E-state index contributed by atoms with van der Waals surface area (Å²) < 4.78 is 5.66. The van der Waals surface area contributed by atoms with E-state index in [1.165, 1.54) is 0 Å². The standard InChI is InChI=1S/C23H27N5O/c1-16(2)21-14-29-15-28(21)22-11-12-24-23(27-22)26-17(3)19-9-10-20(25-13-19)18-7-5-4-6-8-18/h4-13,16-17,21H,14-15H2,1-3H3,(H,24,26,27)/t17-,21+/m0/s1. The SMILES string of the molecule is CC(C)[C@H]1COCN1c1ccnc(N[C@@H](C)c2ccc(-c3ccccc3)nc2)n1. The summed E-state index contributed by atoms with van der Waals surface area (Å²) in [6.45, 7) is 7.81. The molecule has 2 aromatic heterocycles. The molecule has 1 N–H and O–H groups in total. The van der Waals surface area contributed by atoms with E-state index in [4.69, 9.17) is 9.72 Å². The Bertz CT molecular complexity index is 930. The van der Waals surface area contributed by atoms with E-state index >= 15 is 0 Å². The van der Waals surface area contributed by atoms with Gasteiger partial charge < -0.3 is 15.0 Å². The molecule has 1 fully saturated rings. The average Bonchev–Trinajstić information content (AvgIpc) is 3.25. The van der Waals surface area contributed by atoms with Crippen LogP contribution >= 0.6 is 0 Å². The Kier molecular flexibility index (Phi) is 5.71. The van der Waals surface area contributed by atoms with E-state index in [0.29, 0.717) is 24.6 Å². The maximum absolute atomic E-state index is 5.66. The van der Waals surface area contributed by atoms with Crippen LogP contribution in [0.3, 0.4) is 0 Å². The molecular formula is C23H27N5O. The van der Waals surface area contributed by atoms with Gasteiger partial charge in [0.15, 0.2) is 0 Å². The lowest BCUT2D eigenvalue weighted by Crippen LogP contribution is -2.35. The Morgan fingerprint density at radius 1 is 1.03 bits per heavy atom. The lowest BCUT2D eigenvalue weighted by atomic mass is 10.1. The Morgan fingerprint density at radius 2 is 1.86 bits per heavy atom. The van der Waals surface area contributed by atoms with Crippen molar-refractivity contribution in [3.05, 3.63) is 66.5 Å². The molecular weight excluding hydrogens is 362 g/mol. The van der Waals surface area contributed by atoms with E-state index in [1.54, 1.807) is 6.20 Å². The Hall–Kier alpha value is -2.99. The Balaban J connectivity index is 1.47. The lowest BCUT2D eigenvalue weighted by molar-refractivity contribution is 0.188. The summed E-state index contributed by atoms with van der Waals surface area (Å²) in [5.74, 6) is 2.00. The molecule has 6 nitrogen and oxygen atoms in total. The molecule has 1 aliphatic heterocycles. The number of nitrogens with one attached hydrogen (secondary N) is 1. The molecule has 2 atom stereocenters. The van der Waals surface area contributed by atoms with Gasteiger partial charge in [-0.3, -0.25) is 4.98 Å². The third-order valence-electron chi connectivity index (χ3n) is 5.33. The molecule has 0 unspecified atom stereocenters. The van der Waals surface area contributed by atoms with Gasteiger partial charge >= 0.3 is 0 Å². The molecule has 29 heavy (non-hydrogen) atoms. The molecule has 0 bridgehead atoms. The molecule has 3 heterocycles. The Morgan fingerprint density at radius 3 is 2.59 bits per heavy atom. The number of ether oxygens (including phenoxy) is 1. The van der Waals surface area contributed by atoms with E-state index in [2.05, 4.69) is 65.2 Å². The van der Waals surface area contributed by atoms with Gasteiger partial charge in [0, 0.05) is 18.0 Å². The summed E-state index contributed by atoms with van der Waals surface area (Å²) in [4.78, 5) is 15.9. The van der Waals surface area contributed by atoms with Gasteiger partial charge in [0.25, 0.3) is 0 Å². The number of hydrogen-bond acceptors (Lipinski definition) is 6. The van der Waals surface area contributed by atoms with Crippen LogP contribution in [0.1, 0.15) is 32.4 Å². The summed E-state index contributed by atoms with van der Waals surface area (Å²) in [6.07, 6.45) is 3.71. The highest BCUT2D eigenvalue weighted by atomic mass is 16.5. The van der Waals surface area contributed by atoms with Crippen molar-refractivity contribution < 1.29 is 4.74 Å². The van der Waals surface area contributed by atoms with E-state index in [1.807, 2.05) is 30.5 Å². The van der Waals surface area contributed by atoms with E-state index in [9.17, 15) is 0 Å². The van der Waals surface area contributed by atoms with Crippen LogP contribution in [0.5, 0.6) is 0 Å². The second-order valence-electron chi connectivity index (χ2n) is 7.73. The van der Waals surface area contributed by atoms with Crippen LogP contribution < -0.4 is 10.2 Å². The second kappa shape index (κ2) is 8.57. The summed E-state index contributed by atoms with van der Waals surface area (Å²) in [5.41, 5.74) is 3.17. The quantitative estimate of drug-likeness (QED) is 0.668. The number of benzene rings is 1. The van der Waals surface area contributed by atoms with Crippen molar-refractivity contribution in [2.75, 3.05) is 23.6 Å². The minimum atomic E-state index is 0.0401. The van der Waals surface area contributed by atoms with Gasteiger partial charge in [-0.15, -0.1) is 0 Å². The van der Waals surface area contributed by atoms with Gasteiger partial charge in [0.1, 0.15) is 12.5 Å². The summed E-state index contributed by atoms with van der Waals surface area (Å²) in [6, 6.07) is 16.7. The van der Waals surface area contributed by atoms with Crippen LogP contribution in [0, 0.1) is 5.92 Å². The molecule has 4 rings (SSSR count). The summed E-state index contributed by atoms with van der Waals surface area (Å²) in [7, 11) is 0. The van der Waals surface area contributed by atoms with Crippen molar-refractivity contribution >= 4 is 11.8 Å². The number of pyridine rings is 1. The van der Waals surface area contributed by atoms with Crippen LogP contribution in [0.25, 0.3) is 11.3 Å². The minimum absolute atomic E-state index is 0.0401. The molecule has 0 spiro atoms. The predicted molar refractivity (Wildman–Crippen MR) is 116 cm³/mol. The van der Waals surface area contributed by atoms with Crippen molar-refractivity contribution in [3.8, 4) is 11.3 Å². The van der Waals surface area contributed by atoms with Crippen LogP contribution in [0.15, 0.2) is 60.9 Å². The van der Waals surface area contributed by atoms with Crippen molar-refractivity contribution in [1.82, 2.24) is 15.0 Å². The van der Waals surface area contributed by atoms with Crippen molar-refractivity contribution in [1.29, 1.82) is 0 Å². The minimum Gasteiger partial charge on any atom is -0.359 e. The molecule has 0 radical (unpaired) electrons. The normalized spacial score (nSPS) is 17.5. The van der Waals surface area contributed by atoms with Crippen molar-refractivity contribution in [2.24, 2.45) is 5.92 Å². The topological polar surface area (TPSA) is 63.2 Å². The first kappa shape index (κ1) is 19.3. The fourth-order valence-corrected chi connectivity index (χ4v) is 3.54. The van der Waals surface area contributed by atoms with Crippen LogP contribution in [0.2, 0.25) is 0 Å². The average molecular weight is 390 g/mol. The van der Waals surface area contributed by atoms with Gasteiger partial charge in [-0.05, 0) is 30.5 Å². The van der Waals surface area contributed by atoms with Crippen molar-refractivity contribution in [3.63, 3.8) is 0 Å². The monoisotopic (exact) mass is 389 g/mol. The molecule has 1 aromatic carbocycles. The largest absolute Gasteiger partial charge is 0.359 e. The predicted octanol–water partition coefficient (Wildman–Crippen LogP) is 4.53. The number of anilines is 2. The van der Waals surface area contributed by atoms with E-state index < -0.39 is 0 Å². The maximum atomic E-state index is 5.66. The van der Waals surface area contributed by atoms with Gasteiger partial charge in [-0.2, -0.15) is 4.98 Å². The zero-order valence-corrected chi connectivity index (χ0v) is 17.1. The van der Waals surface area contributed by atoms with Gasteiger partial charge in [0.05, 0.1) is 24.4 Å². The third kappa shape index (κ3) is 4.38. The molecule has 0 aliphatic carbocycles. The second-order valence-corrected chi connectivity index (χ2v) is 7.73. The van der Waals surface area contributed by atoms with Crippen LogP contribution in [-0.2, 0) is 4.74 Å². The fourth-order valence-electron chi connectivity index (χ4n) is 3.54. The van der Waals surface area contributed by atoms with E-state index in [-0.39, 0.29) is 6.04 Å². The molecule has 1 aliphatic rings. The number of rotatable bonds is 6. The van der Waals surface area contributed by atoms with E-state index in [0.717, 1.165) is 29.2 Å². The Labute approximate surface area is 172 Å². The maximum Gasteiger partial charge on any atom is 0.225 e. The highest BCUT2D eigenvalue weighted by molar-refractivity contribution is 5.58. The first-order chi connectivity index (χ1) is 14.1. The highest BCUT2D eigenvalue weighted by Gasteiger charge is 2.29. The number of aromatic nitrogens is 3. The zero-order chi connectivity index (χ0) is 20.2. The highest BCUT2D eigenvalue weighted by Crippen LogP contribution is 2.25. The number of hydrogen-bond donors (Lipinski definition) is 1. The third-order valence-corrected chi connectivity index (χ3v) is 5.33. The van der Waals surface area contributed by atoms with Gasteiger partial charge in [-0.25, -0.2) is 4.98 Å². The summed E-state index contributed by atoms with van der Waals surface area (Å²) >= 11 is 0. The smallest absolute Gasteiger partial charge is 0.225 e. The first-order valence-electron chi connectivity index (χ1n) is 10.1. The summed E-state index contributed by atoms with van der Waals surface area (Å²) in [5, 5.41) is 3.40. The molecule has 1 saturated heterocycles.